The lowest BCUT2D eigenvalue weighted by Crippen LogP contribution is -2.36. The van der Waals surface area contributed by atoms with E-state index in [0.29, 0.717) is 46.1 Å². The first kappa shape index (κ1) is 22.6. The van der Waals surface area contributed by atoms with Gasteiger partial charge in [0.2, 0.25) is 0 Å². The third kappa shape index (κ3) is 4.35. The van der Waals surface area contributed by atoms with E-state index < -0.39 is 5.97 Å². The fraction of sp³-hybridized carbons (Fsp3) is 0.455. The Bertz CT molecular complexity index is 1180. The lowest BCUT2D eigenvalue weighted by atomic mass is 10.2. The van der Waals surface area contributed by atoms with Crippen LogP contribution in [0.3, 0.4) is 0 Å². The van der Waals surface area contributed by atoms with Gasteiger partial charge in [0.1, 0.15) is 15.5 Å². The van der Waals surface area contributed by atoms with Crippen LogP contribution in [0.4, 0.5) is 0 Å². The van der Waals surface area contributed by atoms with E-state index >= 15 is 0 Å². The van der Waals surface area contributed by atoms with Crippen LogP contribution in [0, 0.1) is 6.92 Å². The van der Waals surface area contributed by atoms with Crippen LogP contribution in [0.25, 0.3) is 10.2 Å². The van der Waals surface area contributed by atoms with Crippen LogP contribution in [0.15, 0.2) is 21.6 Å². The second kappa shape index (κ2) is 9.51. The molecule has 8 nitrogen and oxygen atoms in total. The largest absolute Gasteiger partial charge is 0.462 e. The molecule has 0 spiro atoms. The molecule has 10 heteroatoms. The Balaban J connectivity index is 1.54. The number of fused-ring (bicyclic) bond motifs is 1. The van der Waals surface area contributed by atoms with Gasteiger partial charge in [-0.15, -0.1) is 11.3 Å². The van der Waals surface area contributed by atoms with Gasteiger partial charge in [0.25, 0.3) is 11.5 Å². The second-order valence-electron chi connectivity index (χ2n) is 7.78. The standard InChI is InChI=1S/C22H26N4O4S2/c1-4-30-22(29)17-13(2)16-19(27)23-18(24-20(16)32-17)14(3)25-7-5-8-26(10-9-25)21(28)15-6-11-31-12-15/h6,11-12,14H,4-5,7-10H2,1-3H3,(H,23,24,27). The van der Waals surface area contributed by atoms with Crippen molar-refractivity contribution in [3.63, 3.8) is 0 Å². The van der Waals surface area contributed by atoms with Gasteiger partial charge in [-0.3, -0.25) is 14.5 Å². The summed E-state index contributed by atoms with van der Waals surface area (Å²) in [7, 11) is 0. The van der Waals surface area contributed by atoms with Crippen LogP contribution >= 0.6 is 22.7 Å². The minimum atomic E-state index is -0.426. The molecule has 1 aliphatic heterocycles. The van der Waals surface area contributed by atoms with E-state index in [1.807, 2.05) is 28.7 Å². The molecule has 1 unspecified atom stereocenters. The van der Waals surface area contributed by atoms with Crippen LogP contribution in [-0.2, 0) is 4.74 Å². The normalized spacial score (nSPS) is 16.2. The van der Waals surface area contributed by atoms with Gasteiger partial charge in [0.05, 0.1) is 23.6 Å². The number of hydrogen-bond acceptors (Lipinski definition) is 8. The van der Waals surface area contributed by atoms with Crippen molar-refractivity contribution < 1.29 is 14.3 Å². The number of aromatic amines is 1. The van der Waals surface area contributed by atoms with E-state index in [0.717, 1.165) is 18.5 Å². The molecule has 0 saturated carbocycles. The first-order valence-corrected chi connectivity index (χ1v) is 12.4. The smallest absolute Gasteiger partial charge is 0.348 e. The Kier molecular flexibility index (Phi) is 6.73. The van der Waals surface area contributed by atoms with Crippen molar-refractivity contribution in [1.29, 1.82) is 0 Å². The Labute approximate surface area is 193 Å². The zero-order valence-corrected chi connectivity index (χ0v) is 20.0. The number of nitrogens with zero attached hydrogens (tertiary/aromatic N) is 3. The zero-order chi connectivity index (χ0) is 22.8. The highest BCUT2D eigenvalue weighted by Crippen LogP contribution is 2.29. The van der Waals surface area contributed by atoms with Crippen LogP contribution < -0.4 is 5.56 Å². The highest BCUT2D eigenvalue weighted by molar-refractivity contribution is 7.20. The average Bonchev–Trinajstić information content (AvgIpc) is 3.35. The molecule has 3 aromatic heterocycles. The van der Waals surface area contributed by atoms with E-state index in [4.69, 9.17) is 9.72 Å². The minimum Gasteiger partial charge on any atom is -0.462 e. The van der Waals surface area contributed by atoms with Gasteiger partial charge >= 0.3 is 5.97 Å². The predicted molar refractivity (Wildman–Crippen MR) is 126 cm³/mol. The van der Waals surface area contributed by atoms with Gasteiger partial charge in [-0.2, -0.15) is 11.3 Å². The van der Waals surface area contributed by atoms with Crippen LogP contribution in [-0.4, -0.2) is 64.4 Å². The quantitative estimate of drug-likeness (QED) is 0.569. The highest BCUT2D eigenvalue weighted by Gasteiger charge is 2.26. The van der Waals surface area contributed by atoms with E-state index in [1.54, 1.807) is 13.8 Å². The van der Waals surface area contributed by atoms with E-state index in [9.17, 15) is 14.4 Å². The number of ether oxygens (including phenoxy) is 1. The molecule has 4 rings (SSSR count). The Hall–Kier alpha value is -2.56. The fourth-order valence-electron chi connectivity index (χ4n) is 4.02. The summed E-state index contributed by atoms with van der Waals surface area (Å²) < 4.78 is 5.11. The molecule has 1 saturated heterocycles. The maximum atomic E-state index is 12.8. The Morgan fingerprint density at radius 3 is 2.81 bits per heavy atom. The molecule has 0 bridgehead atoms. The van der Waals surface area contributed by atoms with E-state index in [1.165, 1.54) is 22.7 Å². The number of H-pyrrole nitrogens is 1. The van der Waals surface area contributed by atoms with Crippen molar-refractivity contribution in [2.75, 3.05) is 32.8 Å². The number of aromatic nitrogens is 2. The summed E-state index contributed by atoms with van der Waals surface area (Å²) in [5.41, 5.74) is 1.09. The Morgan fingerprint density at radius 1 is 1.28 bits per heavy atom. The number of carbonyl (C=O) groups is 2. The molecule has 170 valence electrons. The SMILES string of the molecule is CCOC(=O)c1sc2nc(C(C)N3CCCN(C(=O)c4ccsc4)CC3)[nH]c(=O)c2c1C. The number of amides is 1. The lowest BCUT2D eigenvalue weighted by molar-refractivity contribution is 0.0531. The summed E-state index contributed by atoms with van der Waals surface area (Å²) in [5.74, 6) is 0.205. The number of esters is 1. The zero-order valence-electron chi connectivity index (χ0n) is 18.3. The maximum absolute atomic E-state index is 12.8. The number of thiophene rings is 2. The van der Waals surface area contributed by atoms with Crippen molar-refractivity contribution >= 4 is 44.8 Å². The van der Waals surface area contributed by atoms with Gasteiger partial charge < -0.3 is 14.6 Å². The molecule has 1 atom stereocenters. The van der Waals surface area contributed by atoms with Crippen molar-refractivity contribution in [2.45, 2.75) is 33.2 Å². The molecular formula is C22H26N4O4S2. The number of hydrogen-bond donors (Lipinski definition) is 1. The third-order valence-corrected chi connectivity index (χ3v) is 7.66. The Morgan fingerprint density at radius 2 is 2.09 bits per heavy atom. The van der Waals surface area contributed by atoms with Gasteiger partial charge in [0, 0.05) is 31.6 Å². The van der Waals surface area contributed by atoms with E-state index in [2.05, 4.69) is 9.88 Å². The minimum absolute atomic E-state index is 0.0641. The molecule has 1 N–H and O–H groups in total. The number of carbonyl (C=O) groups excluding carboxylic acids is 2. The van der Waals surface area contributed by atoms with Crippen LogP contribution in [0.5, 0.6) is 0 Å². The third-order valence-electron chi connectivity index (χ3n) is 5.81. The molecule has 4 heterocycles. The van der Waals surface area contributed by atoms with Gasteiger partial charge in [0.15, 0.2) is 0 Å². The average molecular weight is 475 g/mol. The number of nitrogens with one attached hydrogen (secondary N) is 1. The van der Waals surface area contributed by atoms with Crippen molar-refractivity contribution in [1.82, 2.24) is 19.8 Å². The first-order chi connectivity index (χ1) is 15.4. The predicted octanol–water partition coefficient (Wildman–Crippen LogP) is 3.44. The number of aryl methyl sites for hydroxylation is 1. The lowest BCUT2D eigenvalue weighted by Gasteiger charge is -2.27. The van der Waals surface area contributed by atoms with E-state index in [-0.39, 0.29) is 24.1 Å². The van der Waals surface area contributed by atoms with Crippen molar-refractivity contribution in [3.8, 4) is 0 Å². The fourth-order valence-corrected chi connectivity index (χ4v) is 5.73. The molecule has 32 heavy (non-hydrogen) atoms. The van der Waals surface area contributed by atoms with Crippen LogP contribution in [0.1, 0.15) is 57.7 Å². The molecule has 0 aromatic carbocycles. The van der Waals surface area contributed by atoms with Gasteiger partial charge in [-0.05, 0) is 44.2 Å². The summed E-state index contributed by atoms with van der Waals surface area (Å²) in [6.45, 7) is 8.60. The maximum Gasteiger partial charge on any atom is 0.348 e. The molecule has 0 radical (unpaired) electrons. The van der Waals surface area contributed by atoms with Crippen LogP contribution in [0.2, 0.25) is 0 Å². The van der Waals surface area contributed by atoms with Gasteiger partial charge in [-0.1, -0.05) is 0 Å². The molecule has 3 aromatic rings. The topological polar surface area (TPSA) is 95.6 Å². The second-order valence-corrected chi connectivity index (χ2v) is 9.56. The van der Waals surface area contributed by atoms with Crippen molar-refractivity contribution in [2.24, 2.45) is 0 Å². The molecule has 1 fully saturated rings. The summed E-state index contributed by atoms with van der Waals surface area (Å²) in [4.78, 5) is 50.5. The molecule has 1 aliphatic rings. The monoisotopic (exact) mass is 474 g/mol. The first-order valence-electron chi connectivity index (χ1n) is 10.7. The molecule has 1 amide bonds. The summed E-state index contributed by atoms with van der Waals surface area (Å²) in [6, 6.07) is 1.73. The summed E-state index contributed by atoms with van der Waals surface area (Å²) in [6.07, 6.45) is 0.845. The molecular weight excluding hydrogens is 448 g/mol. The summed E-state index contributed by atoms with van der Waals surface area (Å²) >= 11 is 2.72. The molecule has 0 aliphatic carbocycles. The van der Waals surface area contributed by atoms with Crippen molar-refractivity contribution in [3.05, 3.63) is 49.0 Å². The highest BCUT2D eigenvalue weighted by atomic mass is 32.1. The summed E-state index contributed by atoms with van der Waals surface area (Å²) in [5, 5.41) is 4.24. The number of rotatable bonds is 5. The van der Waals surface area contributed by atoms with Gasteiger partial charge in [-0.25, -0.2) is 9.78 Å².